The van der Waals surface area contributed by atoms with Gasteiger partial charge in [-0.15, -0.1) is 0 Å². The average molecular weight is 196 g/mol. The van der Waals surface area contributed by atoms with Gasteiger partial charge < -0.3 is 0 Å². The second-order valence-electron chi connectivity index (χ2n) is 3.38. The highest BCUT2D eigenvalue weighted by molar-refractivity contribution is 5.64. The Balaban J connectivity index is 2.12. The lowest BCUT2D eigenvalue weighted by Gasteiger charge is -2.04. The Morgan fingerprint density at radius 3 is 2.40 bits per heavy atom. The third-order valence-corrected chi connectivity index (χ3v) is 2.21. The van der Waals surface area contributed by atoms with Crippen molar-refractivity contribution in [2.75, 3.05) is 0 Å². The molecule has 0 amide bonds. The van der Waals surface area contributed by atoms with E-state index in [4.69, 9.17) is 0 Å². The van der Waals surface area contributed by atoms with Gasteiger partial charge >= 0.3 is 0 Å². The van der Waals surface area contributed by atoms with Crippen LogP contribution in [0, 0.1) is 0 Å². The van der Waals surface area contributed by atoms with Gasteiger partial charge in [0.1, 0.15) is 0 Å². The van der Waals surface area contributed by atoms with Crippen molar-refractivity contribution in [3.8, 4) is 0 Å². The van der Waals surface area contributed by atoms with Gasteiger partial charge in [0.05, 0.1) is 0 Å². The van der Waals surface area contributed by atoms with Crippen LogP contribution < -0.4 is 0 Å². The van der Waals surface area contributed by atoms with Crippen LogP contribution in [0.2, 0.25) is 0 Å². The van der Waals surface area contributed by atoms with Crippen molar-refractivity contribution in [1.82, 2.24) is 9.97 Å². The van der Waals surface area contributed by atoms with Crippen LogP contribution in [0.3, 0.4) is 0 Å². The Kier molecular flexibility index (Phi) is 2.88. The van der Waals surface area contributed by atoms with Gasteiger partial charge in [-0.25, -0.2) is 0 Å². The van der Waals surface area contributed by atoms with Crippen LogP contribution in [0.5, 0.6) is 0 Å². The van der Waals surface area contributed by atoms with Crippen LogP contribution in [0.1, 0.15) is 11.1 Å². The molecule has 0 saturated carbocycles. The molecule has 2 heteroatoms. The maximum absolute atomic E-state index is 4.07. The predicted octanol–water partition coefficient (Wildman–Crippen LogP) is 2.73. The summed E-state index contributed by atoms with van der Waals surface area (Å²) in [6.45, 7) is 4.05. The van der Waals surface area contributed by atoms with Crippen molar-refractivity contribution in [1.29, 1.82) is 0 Å². The molecule has 0 fully saturated rings. The zero-order valence-corrected chi connectivity index (χ0v) is 8.43. The first-order chi connectivity index (χ1) is 7.36. The van der Waals surface area contributed by atoms with Crippen molar-refractivity contribution >= 4 is 5.57 Å². The van der Waals surface area contributed by atoms with Gasteiger partial charge in [0.15, 0.2) is 0 Å². The van der Waals surface area contributed by atoms with Crippen molar-refractivity contribution in [3.05, 3.63) is 66.8 Å². The Bertz CT molecular complexity index is 435. The molecule has 2 nitrogen and oxygen atoms in total. The summed E-state index contributed by atoms with van der Waals surface area (Å²) in [5.41, 5.74) is 3.32. The van der Waals surface area contributed by atoms with E-state index in [9.17, 15) is 0 Å². The van der Waals surface area contributed by atoms with E-state index in [1.54, 1.807) is 12.4 Å². The van der Waals surface area contributed by atoms with Crippen LogP contribution in [0.25, 0.3) is 5.57 Å². The molecular formula is C13H12N2. The summed E-state index contributed by atoms with van der Waals surface area (Å²) in [4.78, 5) is 8.15. The summed E-state index contributed by atoms with van der Waals surface area (Å²) in [6.07, 6.45) is 8.05. The molecule has 2 rings (SSSR count). The molecule has 15 heavy (non-hydrogen) atoms. The zero-order valence-electron chi connectivity index (χ0n) is 8.43. The number of hydrogen-bond donors (Lipinski definition) is 0. The Hall–Kier alpha value is -1.96. The lowest BCUT2D eigenvalue weighted by atomic mass is 10.0. The fourth-order valence-corrected chi connectivity index (χ4v) is 1.42. The molecule has 0 N–H and O–H groups in total. The van der Waals surface area contributed by atoms with E-state index in [1.165, 1.54) is 5.56 Å². The van der Waals surface area contributed by atoms with E-state index in [1.807, 2.05) is 30.6 Å². The SMILES string of the molecule is C=C(Cc1cccnc1)c1cccnc1. The fourth-order valence-electron chi connectivity index (χ4n) is 1.42. The molecule has 0 radical (unpaired) electrons. The first-order valence-electron chi connectivity index (χ1n) is 4.83. The van der Waals surface area contributed by atoms with Crippen LogP contribution in [-0.4, -0.2) is 9.97 Å². The van der Waals surface area contributed by atoms with E-state index in [0.717, 1.165) is 17.6 Å². The van der Waals surface area contributed by atoms with E-state index >= 15 is 0 Å². The van der Waals surface area contributed by atoms with Crippen LogP contribution in [-0.2, 0) is 6.42 Å². The minimum atomic E-state index is 0.819. The Morgan fingerprint density at radius 1 is 1.07 bits per heavy atom. The summed E-state index contributed by atoms with van der Waals surface area (Å²) in [5, 5.41) is 0. The Labute approximate surface area is 89.3 Å². The number of rotatable bonds is 3. The first-order valence-corrected chi connectivity index (χ1v) is 4.83. The number of pyridine rings is 2. The first kappa shape index (κ1) is 9.59. The summed E-state index contributed by atoms with van der Waals surface area (Å²) in [7, 11) is 0. The van der Waals surface area contributed by atoms with Gasteiger partial charge in [-0.1, -0.05) is 18.7 Å². The van der Waals surface area contributed by atoms with E-state index in [-0.39, 0.29) is 0 Å². The highest BCUT2D eigenvalue weighted by Crippen LogP contribution is 2.15. The van der Waals surface area contributed by atoms with Gasteiger partial charge in [-0.2, -0.15) is 0 Å². The number of nitrogens with zero attached hydrogens (tertiary/aromatic N) is 2. The Morgan fingerprint density at radius 2 is 1.80 bits per heavy atom. The van der Waals surface area contributed by atoms with Crippen molar-refractivity contribution in [3.63, 3.8) is 0 Å². The molecule has 0 aliphatic carbocycles. The molecule has 0 bridgehead atoms. The summed E-state index contributed by atoms with van der Waals surface area (Å²) in [6, 6.07) is 7.93. The summed E-state index contributed by atoms with van der Waals surface area (Å²) >= 11 is 0. The molecule has 2 aromatic heterocycles. The molecule has 2 aromatic rings. The number of hydrogen-bond acceptors (Lipinski definition) is 2. The summed E-state index contributed by atoms with van der Waals surface area (Å²) < 4.78 is 0. The predicted molar refractivity (Wildman–Crippen MR) is 61.2 cm³/mol. The van der Waals surface area contributed by atoms with Crippen LogP contribution in [0.4, 0.5) is 0 Å². The van der Waals surface area contributed by atoms with Crippen LogP contribution in [0.15, 0.2) is 55.6 Å². The van der Waals surface area contributed by atoms with Crippen molar-refractivity contribution in [2.45, 2.75) is 6.42 Å². The monoisotopic (exact) mass is 196 g/mol. The van der Waals surface area contributed by atoms with Crippen molar-refractivity contribution < 1.29 is 0 Å². The summed E-state index contributed by atoms with van der Waals surface area (Å²) in [5.74, 6) is 0. The zero-order chi connectivity index (χ0) is 10.5. The molecule has 0 atom stereocenters. The topological polar surface area (TPSA) is 25.8 Å². The largest absolute Gasteiger partial charge is 0.264 e. The van der Waals surface area contributed by atoms with E-state index < -0.39 is 0 Å². The van der Waals surface area contributed by atoms with Gasteiger partial charge in [0.25, 0.3) is 0 Å². The molecule has 0 saturated heterocycles. The lowest BCUT2D eigenvalue weighted by molar-refractivity contribution is 1.19. The van der Waals surface area contributed by atoms with E-state index in [0.29, 0.717) is 0 Å². The highest BCUT2D eigenvalue weighted by atomic mass is 14.6. The molecular weight excluding hydrogens is 184 g/mol. The molecule has 0 aliphatic heterocycles. The normalized spacial score (nSPS) is 9.87. The molecule has 0 aliphatic rings. The van der Waals surface area contributed by atoms with E-state index in [2.05, 4.69) is 22.6 Å². The second kappa shape index (κ2) is 4.51. The molecule has 2 heterocycles. The van der Waals surface area contributed by atoms with Crippen molar-refractivity contribution in [2.24, 2.45) is 0 Å². The molecule has 0 spiro atoms. The van der Waals surface area contributed by atoms with Crippen LogP contribution >= 0.6 is 0 Å². The smallest absolute Gasteiger partial charge is 0.0342 e. The fraction of sp³-hybridized carbons (Fsp3) is 0.0769. The maximum Gasteiger partial charge on any atom is 0.0342 e. The standard InChI is InChI=1S/C13H12N2/c1-11(13-5-3-7-15-10-13)8-12-4-2-6-14-9-12/h2-7,9-10H,1,8H2. The van der Waals surface area contributed by atoms with Gasteiger partial charge in [-0.3, -0.25) is 9.97 Å². The van der Waals surface area contributed by atoms with Gasteiger partial charge in [0.2, 0.25) is 0 Å². The lowest BCUT2D eigenvalue weighted by Crippen LogP contribution is -1.90. The average Bonchev–Trinajstić information content (AvgIpc) is 2.31. The third-order valence-electron chi connectivity index (χ3n) is 2.21. The number of allylic oxidation sites excluding steroid dienone is 1. The maximum atomic E-state index is 4.07. The third kappa shape index (κ3) is 2.50. The molecule has 0 aromatic carbocycles. The quantitative estimate of drug-likeness (QED) is 0.754. The second-order valence-corrected chi connectivity index (χ2v) is 3.38. The van der Waals surface area contributed by atoms with Gasteiger partial charge in [-0.05, 0) is 35.3 Å². The molecule has 74 valence electrons. The number of aromatic nitrogens is 2. The van der Waals surface area contributed by atoms with Gasteiger partial charge in [0, 0.05) is 24.8 Å². The highest BCUT2D eigenvalue weighted by Gasteiger charge is 1.99. The minimum absolute atomic E-state index is 0.819. The minimum Gasteiger partial charge on any atom is -0.264 e. The molecule has 0 unspecified atom stereocenters.